The van der Waals surface area contributed by atoms with E-state index in [-0.39, 0.29) is 36.3 Å². The van der Waals surface area contributed by atoms with Gasteiger partial charge >= 0.3 is 0 Å². The molecule has 2 rings (SSSR count). The van der Waals surface area contributed by atoms with Crippen molar-refractivity contribution in [2.75, 3.05) is 6.61 Å². The monoisotopic (exact) mass is 288 g/mol. The zero-order valence-electron chi connectivity index (χ0n) is 11.1. The van der Waals surface area contributed by atoms with Crippen LogP contribution < -0.4 is 11.1 Å². The number of hydrogen-bond donors (Lipinski definition) is 2. The highest BCUT2D eigenvalue weighted by atomic mass is 19.1. The Balaban J connectivity index is 2.31. The van der Waals surface area contributed by atoms with E-state index in [1.165, 1.54) is 24.3 Å². The number of hydrogen-bond acceptors (Lipinski definition) is 3. The maximum absolute atomic E-state index is 13.6. The third-order valence-corrected chi connectivity index (χ3v) is 2.72. The normalized spacial score (nSPS) is 10.0. The van der Waals surface area contributed by atoms with E-state index in [0.29, 0.717) is 5.56 Å². The highest BCUT2D eigenvalue weighted by Crippen LogP contribution is 2.10. The number of aliphatic hydroxyl groups is 1. The summed E-state index contributed by atoms with van der Waals surface area (Å²) in [5, 5.41) is 11.0. The van der Waals surface area contributed by atoms with Gasteiger partial charge < -0.3 is 5.11 Å². The number of halogens is 1. The van der Waals surface area contributed by atoms with Crippen LogP contribution in [0.5, 0.6) is 0 Å². The van der Waals surface area contributed by atoms with Gasteiger partial charge in [-0.25, -0.2) is 9.07 Å². The fourth-order valence-electron chi connectivity index (χ4n) is 1.74. The van der Waals surface area contributed by atoms with Gasteiger partial charge in [-0.05, 0) is 17.7 Å². The van der Waals surface area contributed by atoms with E-state index >= 15 is 0 Å². The SMILES string of the molecule is O=c1ccc(=O)n(Cc2ccc(F)c(C#CCCO)c2)[nH]1. The smallest absolute Gasteiger partial charge is 0.265 e. The standard InChI is InChI=1S/C15H13FN2O3/c16-13-5-4-11(9-12(13)3-1-2-8-19)10-18-15(21)7-6-14(20)17-18/h4-7,9,19H,2,8,10H2,(H,17,20). The molecule has 2 aromatic rings. The van der Waals surface area contributed by atoms with E-state index in [0.717, 1.165) is 10.7 Å². The number of aromatic nitrogens is 2. The second-order valence-corrected chi connectivity index (χ2v) is 4.32. The second-order valence-electron chi connectivity index (χ2n) is 4.32. The average Bonchev–Trinajstić information content (AvgIpc) is 2.46. The molecule has 0 spiro atoms. The van der Waals surface area contributed by atoms with Crippen LogP contribution >= 0.6 is 0 Å². The lowest BCUT2D eigenvalue weighted by Gasteiger charge is -2.06. The van der Waals surface area contributed by atoms with Crippen LogP contribution in [0.25, 0.3) is 0 Å². The first-order valence-electron chi connectivity index (χ1n) is 6.28. The predicted octanol–water partition coefficient (Wildman–Crippen LogP) is 0.458. The number of aromatic amines is 1. The lowest BCUT2D eigenvalue weighted by atomic mass is 10.1. The Morgan fingerprint density at radius 2 is 2.05 bits per heavy atom. The molecular formula is C15H13FN2O3. The fraction of sp³-hybridized carbons (Fsp3) is 0.200. The molecule has 0 saturated heterocycles. The van der Waals surface area contributed by atoms with Crippen molar-refractivity contribution in [2.45, 2.75) is 13.0 Å². The van der Waals surface area contributed by atoms with E-state index in [9.17, 15) is 14.0 Å². The van der Waals surface area contributed by atoms with Crippen molar-refractivity contribution < 1.29 is 9.50 Å². The lowest BCUT2D eigenvalue weighted by Crippen LogP contribution is -2.28. The van der Waals surface area contributed by atoms with Crippen LogP contribution in [-0.4, -0.2) is 21.5 Å². The van der Waals surface area contributed by atoms with Crippen LogP contribution in [0.1, 0.15) is 17.5 Å². The number of nitrogens with zero attached hydrogens (tertiary/aromatic N) is 1. The Kier molecular flexibility index (Phi) is 4.69. The van der Waals surface area contributed by atoms with Gasteiger partial charge in [-0.3, -0.25) is 14.7 Å². The van der Waals surface area contributed by atoms with E-state index in [4.69, 9.17) is 5.11 Å². The summed E-state index contributed by atoms with van der Waals surface area (Å²) in [5.74, 6) is 4.79. The molecule has 1 aromatic heterocycles. The molecular weight excluding hydrogens is 275 g/mol. The first kappa shape index (κ1) is 14.8. The van der Waals surface area contributed by atoms with Gasteiger partial charge in [0.25, 0.3) is 11.1 Å². The molecule has 0 amide bonds. The second kappa shape index (κ2) is 6.68. The summed E-state index contributed by atoms with van der Waals surface area (Å²) >= 11 is 0. The number of H-pyrrole nitrogens is 1. The van der Waals surface area contributed by atoms with E-state index < -0.39 is 5.82 Å². The molecule has 2 N–H and O–H groups in total. The molecule has 108 valence electrons. The fourth-order valence-corrected chi connectivity index (χ4v) is 1.74. The summed E-state index contributed by atoms with van der Waals surface area (Å²) in [6.45, 7) is 0.0266. The first-order valence-corrected chi connectivity index (χ1v) is 6.28. The quantitative estimate of drug-likeness (QED) is 0.806. The molecule has 0 radical (unpaired) electrons. The topological polar surface area (TPSA) is 75.1 Å². The van der Waals surface area contributed by atoms with Crippen molar-refractivity contribution in [1.82, 2.24) is 9.78 Å². The van der Waals surface area contributed by atoms with Crippen LogP contribution in [-0.2, 0) is 6.54 Å². The van der Waals surface area contributed by atoms with Gasteiger partial charge in [-0.15, -0.1) is 0 Å². The van der Waals surface area contributed by atoms with Gasteiger partial charge in [-0.2, -0.15) is 0 Å². The first-order chi connectivity index (χ1) is 10.1. The predicted molar refractivity (Wildman–Crippen MR) is 75.4 cm³/mol. The molecule has 5 nitrogen and oxygen atoms in total. The van der Waals surface area contributed by atoms with Crippen molar-refractivity contribution in [3.05, 3.63) is 68.0 Å². The van der Waals surface area contributed by atoms with E-state index in [1.807, 2.05) is 0 Å². The molecule has 0 aliphatic heterocycles. The van der Waals surface area contributed by atoms with E-state index in [1.54, 1.807) is 0 Å². The molecule has 0 bridgehead atoms. The zero-order valence-corrected chi connectivity index (χ0v) is 11.1. The molecule has 6 heteroatoms. The van der Waals surface area contributed by atoms with Crippen LogP contribution in [0.2, 0.25) is 0 Å². The molecule has 0 aliphatic carbocycles. The average molecular weight is 288 g/mol. The molecule has 1 heterocycles. The van der Waals surface area contributed by atoms with Crippen LogP contribution in [0, 0.1) is 17.7 Å². The summed E-state index contributed by atoms with van der Waals surface area (Å²) in [6, 6.07) is 6.60. The summed E-state index contributed by atoms with van der Waals surface area (Å²) in [7, 11) is 0. The molecule has 0 atom stereocenters. The Bertz CT molecular complexity index is 812. The van der Waals surface area contributed by atoms with Gasteiger partial charge in [0, 0.05) is 18.6 Å². The number of nitrogens with one attached hydrogen (secondary N) is 1. The molecule has 0 saturated carbocycles. The maximum atomic E-state index is 13.6. The minimum atomic E-state index is -0.474. The highest BCUT2D eigenvalue weighted by Gasteiger charge is 2.03. The van der Waals surface area contributed by atoms with Gasteiger partial charge in [0.2, 0.25) is 0 Å². The third kappa shape index (κ3) is 3.91. The molecule has 0 fully saturated rings. The summed E-state index contributed by atoms with van der Waals surface area (Å²) in [4.78, 5) is 22.8. The van der Waals surface area contributed by atoms with Crippen LogP contribution in [0.3, 0.4) is 0 Å². The van der Waals surface area contributed by atoms with Crippen molar-refractivity contribution in [3.8, 4) is 11.8 Å². The Morgan fingerprint density at radius 1 is 1.24 bits per heavy atom. The van der Waals surface area contributed by atoms with Crippen molar-refractivity contribution >= 4 is 0 Å². The van der Waals surface area contributed by atoms with Gasteiger partial charge in [0.1, 0.15) is 5.82 Å². The number of benzene rings is 1. The third-order valence-electron chi connectivity index (χ3n) is 2.72. The minimum absolute atomic E-state index is 0.0883. The Labute approximate surface area is 119 Å². The minimum Gasteiger partial charge on any atom is -0.395 e. The molecule has 0 aliphatic rings. The Hall–Kier alpha value is -2.65. The van der Waals surface area contributed by atoms with Crippen molar-refractivity contribution in [3.63, 3.8) is 0 Å². The highest BCUT2D eigenvalue weighted by molar-refractivity contribution is 5.38. The van der Waals surface area contributed by atoms with Gasteiger partial charge in [0.15, 0.2) is 0 Å². The molecule has 1 aromatic carbocycles. The molecule has 0 unspecified atom stereocenters. The van der Waals surface area contributed by atoms with Gasteiger partial charge in [-0.1, -0.05) is 17.9 Å². The zero-order chi connectivity index (χ0) is 15.2. The van der Waals surface area contributed by atoms with Gasteiger partial charge in [0.05, 0.1) is 18.7 Å². The van der Waals surface area contributed by atoms with Crippen molar-refractivity contribution in [1.29, 1.82) is 0 Å². The number of aliphatic hydroxyl groups excluding tert-OH is 1. The van der Waals surface area contributed by atoms with Crippen LogP contribution in [0.15, 0.2) is 39.9 Å². The molecule has 21 heavy (non-hydrogen) atoms. The summed E-state index contributed by atoms with van der Waals surface area (Å²) in [5.41, 5.74) is 0.0763. The maximum Gasteiger partial charge on any atom is 0.265 e. The Morgan fingerprint density at radius 3 is 2.81 bits per heavy atom. The largest absolute Gasteiger partial charge is 0.395 e. The summed E-state index contributed by atoms with van der Waals surface area (Å²) in [6.07, 6.45) is 0.259. The number of rotatable bonds is 3. The van der Waals surface area contributed by atoms with Crippen molar-refractivity contribution in [2.24, 2.45) is 0 Å². The summed E-state index contributed by atoms with van der Waals surface area (Å²) < 4.78 is 14.7. The van der Waals surface area contributed by atoms with E-state index in [2.05, 4.69) is 16.9 Å². The van der Waals surface area contributed by atoms with Crippen LogP contribution in [0.4, 0.5) is 4.39 Å². The lowest BCUT2D eigenvalue weighted by molar-refractivity contribution is 0.305.